The molecule has 0 amide bonds. The summed E-state index contributed by atoms with van der Waals surface area (Å²) in [6.45, 7) is 28.2. The van der Waals surface area contributed by atoms with E-state index in [1.165, 1.54) is 0 Å². The zero-order chi connectivity index (χ0) is 15.7. The molecule has 0 aliphatic carbocycles. The van der Waals surface area contributed by atoms with E-state index < -0.39 is 0 Å². The smallest absolute Gasteiger partial charge is 0.0690 e. The van der Waals surface area contributed by atoms with Gasteiger partial charge in [-0.3, -0.25) is 0 Å². The van der Waals surface area contributed by atoms with Crippen molar-refractivity contribution in [3.8, 4) is 0 Å². The zero-order valence-corrected chi connectivity index (χ0v) is 15.4. The summed E-state index contributed by atoms with van der Waals surface area (Å²) in [5.41, 5.74) is 0.229. The van der Waals surface area contributed by atoms with Crippen molar-refractivity contribution in [3.63, 3.8) is 0 Å². The average molecular weight is 268 g/mol. The fourth-order valence-electron chi connectivity index (χ4n) is 4.75. The Bertz CT molecular complexity index is 338. The minimum absolute atomic E-state index is 0.0806. The summed E-state index contributed by atoms with van der Waals surface area (Å²) in [6.07, 6.45) is 0. The largest absolute Gasteiger partial charge is 0.369 e. The van der Waals surface area contributed by atoms with Gasteiger partial charge >= 0.3 is 0 Å². The molecule has 1 saturated heterocycles. The van der Waals surface area contributed by atoms with Gasteiger partial charge in [0.1, 0.15) is 0 Å². The van der Waals surface area contributed by atoms with Gasteiger partial charge in [-0.2, -0.15) is 0 Å². The monoisotopic (exact) mass is 268 g/mol. The fraction of sp³-hybridized carbons (Fsp3) is 1.00. The van der Waals surface area contributed by atoms with Crippen molar-refractivity contribution in [2.45, 2.75) is 94.3 Å². The van der Waals surface area contributed by atoms with Crippen molar-refractivity contribution in [3.05, 3.63) is 0 Å². The molecule has 0 N–H and O–H groups in total. The first kappa shape index (κ1) is 17.0. The number of hydrogen-bond acceptors (Lipinski definition) is 1. The van der Waals surface area contributed by atoms with Gasteiger partial charge in [-0.1, -0.05) is 55.4 Å². The lowest BCUT2D eigenvalue weighted by Gasteiger charge is -2.73. The van der Waals surface area contributed by atoms with Crippen molar-refractivity contribution in [2.24, 2.45) is 21.7 Å². The van der Waals surface area contributed by atoms with Gasteiger partial charge in [0.2, 0.25) is 0 Å². The molecule has 19 heavy (non-hydrogen) atoms. The van der Waals surface area contributed by atoms with E-state index in [4.69, 9.17) is 4.74 Å². The summed E-state index contributed by atoms with van der Waals surface area (Å²) in [5.74, 6) is 0. The summed E-state index contributed by atoms with van der Waals surface area (Å²) in [5, 5.41) is 0. The molecule has 0 unspecified atom stereocenters. The lowest BCUT2D eigenvalue weighted by atomic mass is 9.37. The van der Waals surface area contributed by atoms with E-state index in [-0.39, 0.29) is 32.9 Å². The van der Waals surface area contributed by atoms with Gasteiger partial charge in [0, 0.05) is 0 Å². The highest BCUT2D eigenvalue weighted by atomic mass is 16.5. The van der Waals surface area contributed by atoms with Crippen LogP contribution in [0.25, 0.3) is 0 Å². The summed E-state index contributed by atoms with van der Waals surface area (Å²) in [7, 11) is 0. The van der Waals surface area contributed by atoms with Crippen molar-refractivity contribution in [2.75, 3.05) is 0 Å². The second-order valence-corrected chi connectivity index (χ2v) is 9.75. The Morgan fingerprint density at radius 2 is 0.842 bits per heavy atom. The highest BCUT2D eigenvalue weighted by molar-refractivity contribution is 5.18. The third kappa shape index (κ3) is 1.76. The molecule has 1 aliphatic heterocycles. The molecule has 1 rings (SSSR count). The van der Waals surface area contributed by atoms with E-state index in [1.54, 1.807) is 0 Å². The quantitative estimate of drug-likeness (QED) is 0.549. The molecule has 1 aliphatic rings. The topological polar surface area (TPSA) is 9.23 Å². The minimum atomic E-state index is -0.145. The molecule has 0 aromatic heterocycles. The molecule has 0 spiro atoms. The van der Waals surface area contributed by atoms with E-state index in [1.807, 2.05) is 0 Å². The van der Waals surface area contributed by atoms with Gasteiger partial charge in [0.05, 0.1) is 11.2 Å². The molecule has 1 heterocycles. The molecule has 0 aromatic carbocycles. The van der Waals surface area contributed by atoms with Crippen LogP contribution < -0.4 is 0 Å². The minimum Gasteiger partial charge on any atom is -0.369 e. The first-order valence-electron chi connectivity index (χ1n) is 7.66. The van der Waals surface area contributed by atoms with E-state index in [0.29, 0.717) is 0 Å². The van der Waals surface area contributed by atoms with Gasteiger partial charge in [-0.05, 0) is 49.4 Å². The summed E-state index contributed by atoms with van der Waals surface area (Å²) >= 11 is 0. The van der Waals surface area contributed by atoms with Gasteiger partial charge < -0.3 is 4.74 Å². The standard InChI is InChI=1S/C18H36O/c1-13(2,3)18(12)14(4,5)16(8,9)19-17(10,11)15(18,6)7/h1-12H3. The van der Waals surface area contributed by atoms with E-state index in [9.17, 15) is 0 Å². The Kier molecular flexibility index (Phi) is 3.39. The van der Waals surface area contributed by atoms with Gasteiger partial charge in [-0.25, -0.2) is 0 Å². The van der Waals surface area contributed by atoms with Crippen LogP contribution in [0.3, 0.4) is 0 Å². The second kappa shape index (κ2) is 3.78. The molecule has 0 saturated carbocycles. The van der Waals surface area contributed by atoms with Gasteiger partial charge in [0.15, 0.2) is 0 Å². The number of rotatable bonds is 0. The molecule has 0 bridgehead atoms. The maximum Gasteiger partial charge on any atom is 0.0690 e. The van der Waals surface area contributed by atoms with Crippen LogP contribution in [0.15, 0.2) is 0 Å². The number of ether oxygens (including phenoxy) is 1. The lowest BCUT2D eigenvalue weighted by molar-refractivity contribution is -0.351. The van der Waals surface area contributed by atoms with Crippen LogP contribution in [-0.4, -0.2) is 11.2 Å². The third-order valence-corrected chi connectivity index (χ3v) is 7.52. The predicted molar refractivity (Wildman–Crippen MR) is 84.4 cm³/mol. The normalized spacial score (nSPS) is 30.9. The van der Waals surface area contributed by atoms with Gasteiger partial charge in [-0.15, -0.1) is 0 Å². The van der Waals surface area contributed by atoms with E-state index in [0.717, 1.165) is 0 Å². The zero-order valence-electron chi connectivity index (χ0n) is 15.4. The summed E-state index contributed by atoms with van der Waals surface area (Å²) < 4.78 is 6.58. The van der Waals surface area contributed by atoms with Crippen LogP contribution in [0.2, 0.25) is 0 Å². The molecule has 1 nitrogen and oxygen atoms in total. The lowest BCUT2D eigenvalue weighted by Crippen LogP contribution is -2.73. The fourth-order valence-corrected chi connectivity index (χ4v) is 4.75. The Balaban J connectivity index is 3.70. The predicted octanol–water partition coefficient (Wildman–Crippen LogP) is 5.68. The van der Waals surface area contributed by atoms with Crippen LogP contribution >= 0.6 is 0 Å². The van der Waals surface area contributed by atoms with Gasteiger partial charge in [0.25, 0.3) is 0 Å². The first-order chi connectivity index (χ1) is 7.96. The average Bonchev–Trinajstić information content (AvgIpc) is 2.10. The molecular formula is C18H36O. The van der Waals surface area contributed by atoms with Crippen LogP contribution in [0.4, 0.5) is 0 Å². The molecule has 0 radical (unpaired) electrons. The Morgan fingerprint density at radius 3 is 1.05 bits per heavy atom. The Morgan fingerprint density at radius 1 is 0.579 bits per heavy atom. The summed E-state index contributed by atoms with van der Waals surface area (Å²) in [4.78, 5) is 0. The van der Waals surface area contributed by atoms with Crippen LogP contribution in [0.1, 0.15) is 83.1 Å². The van der Waals surface area contributed by atoms with Crippen LogP contribution in [0, 0.1) is 21.7 Å². The highest BCUT2D eigenvalue weighted by Crippen LogP contribution is 2.71. The molecule has 0 atom stereocenters. The molecule has 1 fully saturated rings. The second-order valence-electron chi connectivity index (χ2n) is 9.75. The van der Waals surface area contributed by atoms with Crippen molar-refractivity contribution in [1.29, 1.82) is 0 Å². The van der Waals surface area contributed by atoms with Crippen LogP contribution in [-0.2, 0) is 4.74 Å². The highest BCUT2D eigenvalue weighted by Gasteiger charge is 2.70. The van der Waals surface area contributed by atoms with E-state index >= 15 is 0 Å². The maximum atomic E-state index is 6.58. The molecular weight excluding hydrogens is 232 g/mol. The Labute approximate surface area is 121 Å². The van der Waals surface area contributed by atoms with Crippen molar-refractivity contribution in [1.82, 2.24) is 0 Å². The SMILES string of the molecule is CC(C)(C)C1(C)C(C)(C)C(C)(C)OC(C)(C)C1(C)C. The van der Waals surface area contributed by atoms with E-state index in [2.05, 4.69) is 83.1 Å². The number of hydrogen-bond donors (Lipinski definition) is 0. The summed E-state index contributed by atoms with van der Waals surface area (Å²) in [6, 6.07) is 0. The third-order valence-electron chi connectivity index (χ3n) is 7.52. The Hall–Kier alpha value is -0.0400. The van der Waals surface area contributed by atoms with Crippen molar-refractivity contribution >= 4 is 0 Å². The first-order valence-corrected chi connectivity index (χ1v) is 7.66. The molecule has 1 heteroatoms. The maximum absolute atomic E-state index is 6.58. The van der Waals surface area contributed by atoms with Crippen molar-refractivity contribution < 1.29 is 4.74 Å². The van der Waals surface area contributed by atoms with Crippen LogP contribution in [0.5, 0.6) is 0 Å². The molecule has 114 valence electrons. The molecule has 0 aromatic rings.